The van der Waals surface area contributed by atoms with Crippen molar-refractivity contribution in [3.63, 3.8) is 0 Å². The summed E-state index contributed by atoms with van der Waals surface area (Å²) in [5, 5.41) is 0. The number of likely N-dealkylation sites (tertiary alicyclic amines) is 1. The summed E-state index contributed by atoms with van der Waals surface area (Å²) >= 11 is 0. The average Bonchev–Trinajstić information content (AvgIpc) is 2.51. The average molecular weight is 296 g/mol. The van der Waals surface area contributed by atoms with Crippen LogP contribution in [0.15, 0.2) is 0 Å². The van der Waals surface area contributed by atoms with Gasteiger partial charge in [0.25, 0.3) is 0 Å². The van der Waals surface area contributed by atoms with Gasteiger partial charge in [-0.1, -0.05) is 79.1 Å². The van der Waals surface area contributed by atoms with E-state index in [0.29, 0.717) is 0 Å². The lowest BCUT2D eigenvalue weighted by Gasteiger charge is -2.33. The Labute approximate surface area is 134 Å². The van der Waals surface area contributed by atoms with Crippen molar-refractivity contribution in [3.05, 3.63) is 0 Å². The predicted octanol–water partition coefficient (Wildman–Crippen LogP) is 6.13. The minimum Gasteiger partial charge on any atom is -0.303 e. The Balaban J connectivity index is 2.00. The van der Waals surface area contributed by atoms with Gasteiger partial charge < -0.3 is 4.90 Å². The fourth-order valence-electron chi connectivity index (χ4n) is 3.65. The van der Waals surface area contributed by atoms with E-state index >= 15 is 0 Å². The Morgan fingerprint density at radius 2 is 1.57 bits per heavy atom. The van der Waals surface area contributed by atoms with Gasteiger partial charge in [0.1, 0.15) is 0 Å². The van der Waals surface area contributed by atoms with Crippen molar-refractivity contribution < 1.29 is 0 Å². The van der Waals surface area contributed by atoms with Crippen LogP contribution in [0.4, 0.5) is 0 Å². The van der Waals surface area contributed by atoms with E-state index < -0.39 is 0 Å². The molecule has 0 radical (unpaired) electrons. The van der Waals surface area contributed by atoms with E-state index in [2.05, 4.69) is 32.6 Å². The molecular weight excluding hydrogens is 254 g/mol. The summed E-state index contributed by atoms with van der Waals surface area (Å²) < 4.78 is 0. The smallest absolute Gasteiger partial charge is 0.000692 e. The first-order chi connectivity index (χ1) is 10.2. The molecule has 1 aliphatic heterocycles. The molecule has 126 valence electrons. The fourth-order valence-corrected chi connectivity index (χ4v) is 3.65. The molecule has 0 N–H and O–H groups in total. The number of rotatable bonds is 11. The van der Waals surface area contributed by atoms with Gasteiger partial charge in [-0.15, -0.1) is 0 Å². The zero-order chi connectivity index (χ0) is 15.5. The quantitative estimate of drug-likeness (QED) is 0.414. The predicted molar refractivity (Wildman–Crippen MR) is 95.8 cm³/mol. The molecule has 1 nitrogen and oxygen atoms in total. The SMILES string of the molecule is CCCCC(C)CCCCC1CCN(CC(C)CC)CC1. The van der Waals surface area contributed by atoms with Crippen LogP contribution in [0, 0.1) is 17.8 Å². The summed E-state index contributed by atoms with van der Waals surface area (Å²) in [4.78, 5) is 2.71. The highest BCUT2D eigenvalue weighted by Gasteiger charge is 2.19. The molecule has 1 heterocycles. The third-order valence-corrected chi connectivity index (χ3v) is 5.58. The first-order valence-electron chi connectivity index (χ1n) is 9.88. The summed E-state index contributed by atoms with van der Waals surface area (Å²) in [5.41, 5.74) is 0. The maximum absolute atomic E-state index is 2.71. The van der Waals surface area contributed by atoms with Crippen molar-refractivity contribution in [2.24, 2.45) is 17.8 Å². The van der Waals surface area contributed by atoms with Crippen molar-refractivity contribution in [2.75, 3.05) is 19.6 Å². The minimum atomic E-state index is 0.881. The van der Waals surface area contributed by atoms with Crippen molar-refractivity contribution in [1.82, 2.24) is 4.90 Å². The molecule has 1 fully saturated rings. The second-order valence-corrected chi connectivity index (χ2v) is 7.79. The summed E-state index contributed by atoms with van der Waals surface area (Å²) in [7, 11) is 0. The van der Waals surface area contributed by atoms with Crippen LogP contribution in [0.3, 0.4) is 0 Å². The first kappa shape index (κ1) is 19.0. The lowest BCUT2D eigenvalue weighted by atomic mass is 9.89. The number of piperidine rings is 1. The Morgan fingerprint density at radius 1 is 0.905 bits per heavy atom. The topological polar surface area (TPSA) is 3.24 Å². The zero-order valence-corrected chi connectivity index (χ0v) is 15.4. The van der Waals surface area contributed by atoms with Crippen molar-refractivity contribution in [1.29, 1.82) is 0 Å². The largest absolute Gasteiger partial charge is 0.303 e. The lowest BCUT2D eigenvalue weighted by molar-refractivity contribution is 0.157. The van der Waals surface area contributed by atoms with Gasteiger partial charge in [-0.25, -0.2) is 0 Å². The van der Waals surface area contributed by atoms with Crippen LogP contribution in [0.2, 0.25) is 0 Å². The van der Waals surface area contributed by atoms with Crippen molar-refractivity contribution in [3.8, 4) is 0 Å². The van der Waals surface area contributed by atoms with Crippen LogP contribution in [-0.2, 0) is 0 Å². The molecule has 1 aliphatic rings. The molecule has 1 rings (SSSR count). The molecule has 0 aromatic rings. The molecule has 0 bridgehead atoms. The maximum atomic E-state index is 2.71. The van der Waals surface area contributed by atoms with Gasteiger partial charge in [0.05, 0.1) is 0 Å². The molecule has 21 heavy (non-hydrogen) atoms. The molecule has 0 aromatic carbocycles. The highest BCUT2D eigenvalue weighted by Crippen LogP contribution is 2.25. The van der Waals surface area contributed by atoms with Crippen molar-refractivity contribution in [2.45, 2.75) is 91.9 Å². The van der Waals surface area contributed by atoms with E-state index in [-0.39, 0.29) is 0 Å². The molecule has 2 atom stereocenters. The molecule has 0 amide bonds. The Bertz CT molecular complexity index is 230. The molecular formula is C20H41N. The standard InChI is InChI=1S/C20H41N/c1-5-7-10-19(4)11-8-9-12-20-13-15-21(16-14-20)17-18(3)6-2/h18-20H,5-17H2,1-4H3. The highest BCUT2D eigenvalue weighted by atomic mass is 15.1. The van der Waals surface area contributed by atoms with Gasteiger partial charge in [-0.05, 0) is 43.7 Å². The number of hydrogen-bond acceptors (Lipinski definition) is 1. The lowest BCUT2D eigenvalue weighted by Crippen LogP contribution is -2.36. The van der Waals surface area contributed by atoms with E-state index in [1.807, 2.05) is 0 Å². The van der Waals surface area contributed by atoms with Crippen LogP contribution in [-0.4, -0.2) is 24.5 Å². The fraction of sp³-hybridized carbons (Fsp3) is 1.00. The van der Waals surface area contributed by atoms with Gasteiger partial charge >= 0.3 is 0 Å². The molecule has 0 spiro atoms. The second kappa shape index (κ2) is 11.5. The van der Waals surface area contributed by atoms with Crippen LogP contribution >= 0.6 is 0 Å². The Morgan fingerprint density at radius 3 is 2.19 bits per heavy atom. The van der Waals surface area contributed by atoms with Crippen LogP contribution in [0.5, 0.6) is 0 Å². The minimum absolute atomic E-state index is 0.881. The third-order valence-electron chi connectivity index (χ3n) is 5.58. The second-order valence-electron chi connectivity index (χ2n) is 7.79. The van der Waals surface area contributed by atoms with Gasteiger partial charge in [-0.2, -0.15) is 0 Å². The molecule has 0 saturated carbocycles. The third kappa shape index (κ3) is 8.86. The number of nitrogens with zero attached hydrogens (tertiary/aromatic N) is 1. The molecule has 1 saturated heterocycles. The van der Waals surface area contributed by atoms with Gasteiger partial charge in [-0.3, -0.25) is 0 Å². The van der Waals surface area contributed by atoms with E-state index in [0.717, 1.165) is 17.8 Å². The van der Waals surface area contributed by atoms with E-state index in [1.54, 1.807) is 0 Å². The zero-order valence-electron chi connectivity index (χ0n) is 15.4. The molecule has 0 aliphatic carbocycles. The molecule has 1 heteroatoms. The van der Waals surface area contributed by atoms with E-state index in [1.165, 1.54) is 83.8 Å². The molecule has 0 aromatic heterocycles. The summed E-state index contributed by atoms with van der Waals surface area (Å²) in [5.74, 6) is 2.87. The van der Waals surface area contributed by atoms with Crippen molar-refractivity contribution >= 4 is 0 Å². The highest BCUT2D eigenvalue weighted by molar-refractivity contribution is 4.73. The number of hydrogen-bond donors (Lipinski definition) is 0. The number of unbranched alkanes of at least 4 members (excludes halogenated alkanes) is 2. The summed E-state index contributed by atoms with van der Waals surface area (Å²) in [6.45, 7) is 13.5. The first-order valence-corrected chi connectivity index (χ1v) is 9.88. The maximum Gasteiger partial charge on any atom is 0.000692 e. The van der Waals surface area contributed by atoms with Crippen LogP contribution < -0.4 is 0 Å². The summed E-state index contributed by atoms with van der Waals surface area (Å²) in [6, 6.07) is 0. The van der Waals surface area contributed by atoms with Crippen LogP contribution in [0.25, 0.3) is 0 Å². The van der Waals surface area contributed by atoms with E-state index in [9.17, 15) is 0 Å². The monoisotopic (exact) mass is 295 g/mol. The van der Waals surface area contributed by atoms with Crippen LogP contribution in [0.1, 0.15) is 91.9 Å². The Hall–Kier alpha value is -0.0400. The normalized spacial score (nSPS) is 20.6. The van der Waals surface area contributed by atoms with E-state index in [4.69, 9.17) is 0 Å². The van der Waals surface area contributed by atoms with Gasteiger partial charge in [0.2, 0.25) is 0 Å². The summed E-state index contributed by atoms with van der Waals surface area (Å²) in [6.07, 6.45) is 14.4. The van der Waals surface area contributed by atoms with Gasteiger partial charge in [0.15, 0.2) is 0 Å². The Kier molecular flexibility index (Phi) is 10.4. The molecule has 2 unspecified atom stereocenters. The van der Waals surface area contributed by atoms with Gasteiger partial charge in [0, 0.05) is 6.54 Å².